The molecule has 2 aromatic carbocycles. The highest BCUT2D eigenvalue weighted by atomic mass is 35.5. The van der Waals surface area contributed by atoms with Crippen LogP contribution >= 0.6 is 22.9 Å². The molecule has 1 unspecified atom stereocenters. The topological polar surface area (TPSA) is 108 Å². The lowest BCUT2D eigenvalue weighted by molar-refractivity contribution is -0.259. The van der Waals surface area contributed by atoms with Crippen molar-refractivity contribution in [1.82, 2.24) is 14.7 Å². The zero-order valence-corrected chi connectivity index (χ0v) is 30.1. The van der Waals surface area contributed by atoms with Gasteiger partial charge in [0.2, 0.25) is 11.8 Å². The van der Waals surface area contributed by atoms with Crippen molar-refractivity contribution < 1.29 is 33.0 Å². The van der Waals surface area contributed by atoms with Crippen LogP contribution in [-0.2, 0) is 30.3 Å². The highest BCUT2D eigenvalue weighted by molar-refractivity contribution is 7.17. The molecule has 6 rings (SSSR count). The summed E-state index contributed by atoms with van der Waals surface area (Å²) >= 11 is 8.08. The molecule has 1 aliphatic carbocycles. The van der Waals surface area contributed by atoms with Crippen molar-refractivity contribution in [3.05, 3.63) is 63.7 Å². The number of ether oxygens (including phenoxy) is 2. The Morgan fingerprint density at radius 2 is 1.76 bits per heavy atom. The number of hydrogen-bond acceptors (Lipinski definition) is 9. The number of Topliss-reactive ketones (excluding diaryl/α,β-unsaturated/α-hetero) is 1. The van der Waals surface area contributed by atoms with Gasteiger partial charge in [-0.05, 0) is 76.1 Å². The Labute approximate surface area is 300 Å². The van der Waals surface area contributed by atoms with Crippen molar-refractivity contribution in [3.63, 3.8) is 0 Å². The number of rotatable bonds is 12. The Kier molecular flexibility index (Phi) is 11.5. The summed E-state index contributed by atoms with van der Waals surface area (Å²) in [6, 6.07) is 10.1. The highest BCUT2D eigenvalue weighted by Crippen LogP contribution is 2.38. The lowest BCUT2D eigenvalue weighted by atomic mass is 9.87. The summed E-state index contributed by atoms with van der Waals surface area (Å²) in [7, 11) is 0. The summed E-state index contributed by atoms with van der Waals surface area (Å²) in [5.41, 5.74) is 0.626. The molecule has 1 aromatic heterocycles. The fourth-order valence-corrected chi connectivity index (χ4v) is 8.62. The summed E-state index contributed by atoms with van der Waals surface area (Å²) in [5, 5.41) is 5.38. The van der Waals surface area contributed by atoms with Gasteiger partial charge in [-0.2, -0.15) is 0 Å². The van der Waals surface area contributed by atoms with E-state index in [4.69, 9.17) is 21.1 Å². The van der Waals surface area contributed by atoms with Crippen LogP contribution in [0, 0.1) is 11.7 Å². The molecule has 10 nitrogen and oxygen atoms in total. The van der Waals surface area contributed by atoms with E-state index in [9.17, 15) is 19.2 Å². The fourth-order valence-electron chi connectivity index (χ4n) is 7.45. The number of likely N-dealkylation sites (tertiary alicyclic amines) is 1. The van der Waals surface area contributed by atoms with Gasteiger partial charge in [0.05, 0.1) is 41.4 Å². The minimum absolute atomic E-state index is 0.0142. The molecule has 1 N–H and O–H groups in total. The minimum atomic E-state index is -1.61. The first-order valence-electron chi connectivity index (χ1n) is 17.6. The SMILES string of the molecule is CCOC(=O)C1CCC(OC(C(=O)Cc2cc(Cl)c(NC(=O)c3csc4ccccc34)cc2F)(N2CCCC2)N2CCN(CC)C(=O)C2)CC1. The second-order valence-corrected chi connectivity index (χ2v) is 14.5. The van der Waals surface area contributed by atoms with Crippen molar-refractivity contribution in [2.45, 2.75) is 70.7 Å². The Bertz CT molecular complexity index is 1740. The van der Waals surface area contributed by atoms with E-state index >= 15 is 4.39 Å². The molecule has 3 fully saturated rings. The molecule has 1 atom stereocenters. The zero-order chi connectivity index (χ0) is 35.4. The fraction of sp³-hybridized carbons (Fsp3) is 0.514. The standard InChI is InChI=1S/C37H44ClFN4O6S/c1-3-41-17-18-43(22-34(41)45)37(42-15-7-8-16-42,49-26-13-11-24(12-14-26)36(47)48-4-2)33(44)20-25-19-29(38)31(21-30(25)39)40-35(46)28-23-50-32-10-6-5-9-27(28)32/h5-6,9-10,19,21,23-24,26H,3-4,7-8,11-18,20,22H2,1-2H3,(H,40,46). The molecule has 0 spiro atoms. The summed E-state index contributed by atoms with van der Waals surface area (Å²) in [4.78, 5) is 59.3. The first-order valence-corrected chi connectivity index (χ1v) is 18.8. The number of benzene rings is 2. The van der Waals surface area contributed by atoms with E-state index in [1.54, 1.807) is 17.2 Å². The number of halogens is 2. The maximum absolute atomic E-state index is 15.9. The van der Waals surface area contributed by atoms with Gasteiger partial charge < -0.3 is 19.7 Å². The van der Waals surface area contributed by atoms with E-state index in [0.29, 0.717) is 70.6 Å². The van der Waals surface area contributed by atoms with Crippen LogP contribution in [0.15, 0.2) is 41.8 Å². The Balaban J connectivity index is 1.27. The van der Waals surface area contributed by atoms with E-state index < -0.39 is 17.6 Å². The minimum Gasteiger partial charge on any atom is -0.466 e. The van der Waals surface area contributed by atoms with Gasteiger partial charge in [0, 0.05) is 54.6 Å². The van der Waals surface area contributed by atoms with Gasteiger partial charge in [0.1, 0.15) is 5.82 Å². The van der Waals surface area contributed by atoms with Gasteiger partial charge in [0.15, 0.2) is 5.78 Å². The first-order chi connectivity index (χ1) is 24.1. The molecule has 268 valence electrons. The molecule has 13 heteroatoms. The molecule has 3 heterocycles. The number of carbonyl (C=O) groups is 4. The number of ketones is 1. The van der Waals surface area contributed by atoms with Gasteiger partial charge in [-0.15, -0.1) is 11.3 Å². The third-order valence-electron chi connectivity index (χ3n) is 10.1. The maximum Gasteiger partial charge on any atom is 0.308 e. The predicted octanol–water partition coefficient (Wildman–Crippen LogP) is 6.11. The molecule has 0 radical (unpaired) electrons. The van der Waals surface area contributed by atoms with Crippen molar-refractivity contribution in [3.8, 4) is 0 Å². The van der Waals surface area contributed by atoms with Crippen LogP contribution in [0.1, 0.15) is 68.3 Å². The van der Waals surface area contributed by atoms with Gasteiger partial charge >= 0.3 is 5.97 Å². The van der Waals surface area contributed by atoms with E-state index in [-0.39, 0.29) is 58.9 Å². The number of hydrogen-bond donors (Lipinski definition) is 1. The van der Waals surface area contributed by atoms with Crippen LogP contribution in [-0.4, -0.2) is 96.1 Å². The highest BCUT2D eigenvalue weighted by Gasteiger charge is 2.54. The van der Waals surface area contributed by atoms with Gasteiger partial charge in [-0.3, -0.25) is 24.1 Å². The lowest BCUT2D eigenvalue weighted by Gasteiger charge is -2.51. The van der Waals surface area contributed by atoms with Gasteiger partial charge in [-0.1, -0.05) is 29.8 Å². The monoisotopic (exact) mass is 726 g/mol. The average molecular weight is 727 g/mol. The summed E-state index contributed by atoms with van der Waals surface area (Å²) in [6.07, 6.45) is 3.22. The Hall–Kier alpha value is -3.42. The third kappa shape index (κ3) is 7.45. The number of carbonyl (C=O) groups excluding carboxylic acids is 4. The summed E-state index contributed by atoms with van der Waals surface area (Å²) in [5.74, 6) is -3.65. The molecule has 3 aromatic rings. The second-order valence-electron chi connectivity index (χ2n) is 13.2. The zero-order valence-electron chi connectivity index (χ0n) is 28.6. The van der Waals surface area contributed by atoms with Crippen LogP contribution in [0.25, 0.3) is 10.1 Å². The van der Waals surface area contributed by atoms with Crippen LogP contribution in [0.2, 0.25) is 5.02 Å². The number of piperazine rings is 1. The van der Waals surface area contributed by atoms with Crippen molar-refractivity contribution in [2.75, 3.05) is 51.2 Å². The van der Waals surface area contributed by atoms with E-state index in [1.807, 2.05) is 41.0 Å². The smallest absolute Gasteiger partial charge is 0.308 e. The number of amides is 2. The molecule has 50 heavy (non-hydrogen) atoms. The number of thiophene rings is 1. The quantitative estimate of drug-likeness (QED) is 0.223. The van der Waals surface area contributed by atoms with Crippen LogP contribution in [0.5, 0.6) is 0 Å². The number of nitrogens with one attached hydrogen (secondary N) is 1. The summed E-state index contributed by atoms with van der Waals surface area (Å²) < 4.78 is 29.1. The Morgan fingerprint density at radius 3 is 2.46 bits per heavy atom. The normalized spacial score (nSPS) is 21.7. The van der Waals surface area contributed by atoms with Crippen molar-refractivity contribution in [2.24, 2.45) is 5.92 Å². The lowest BCUT2D eigenvalue weighted by Crippen LogP contribution is -2.71. The Morgan fingerprint density at radius 1 is 1.02 bits per heavy atom. The largest absolute Gasteiger partial charge is 0.466 e. The second kappa shape index (κ2) is 15.9. The molecule has 0 bridgehead atoms. The number of likely N-dealkylation sites (N-methyl/N-ethyl adjacent to an activating group) is 1. The van der Waals surface area contributed by atoms with E-state index in [2.05, 4.69) is 5.32 Å². The molecule has 2 amide bonds. The van der Waals surface area contributed by atoms with E-state index in [1.165, 1.54) is 17.4 Å². The maximum atomic E-state index is 15.9. The predicted molar refractivity (Wildman–Crippen MR) is 191 cm³/mol. The number of nitrogens with zero attached hydrogens (tertiary/aromatic N) is 3. The number of esters is 1. The molecular weight excluding hydrogens is 683 g/mol. The van der Waals surface area contributed by atoms with Crippen molar-refractivity contribution in [1.29, 1.82) is 0 Å². The van der Waals surface area contributed by atoms with Gasteiger partial charge in [-0.25, -0.2) is 9.29 Å². The van der Waals surface area contributed by atoms with Crippen LogP contribution in [0.4, 0.5) is 10.1 Å². The van der Waals surface area contributed by atoms with Crippen LogP contribution < -0.4 is 5.32 Å². The molecule has 2 saturated heterocycles. The van der Waals surface area contributed by atoms with Crippen molar-refractivity contribution >= 4 is 62.3 Å². The molecule has 1 saturated carbocycles. The summed E-state index contributed by atoms with van der Waals surface area (Å²) in [6.45, 7) is 6.58. The number of fused-ring (bicyclic) bond motifs is 1. The third-order valence-corrected chi connectivity index (χ3v) is 11.4. The molecule has 3 aliphatic rings. The molecular formula is C37H44ClFN4O6S. The van der Waals surface area contributed by atoms with E-state index in [0.717, 1.165) is 29.0 Å². The first kappa shape index (κ1) is 36.4. The average Bonchev–Trinajstić information content (AvgIpc) is 3.81. The van der Waals surface area contributed by atoms with Crippen LogP contribution in [0.3, 0.4) is 0 Å². The molecule has 2 aliphatic heterocycles. The number of anilines is 1. The van der Waals surface area contributed by atoms with Gasteiger partial charge in [0.25, 0.3) is 5.91 Å².